The van der Waals surface area contributed by atoms with Crippen LogP contribution < -0.4 is 0 Å². The molecule has 1 atom stereocenters. The van der Waals surface area contributed by atoms with Gasteiger partial charge in [-0.3, -0.25) is 0 Å². The topological polar surface area (TPSA) is 91.7 Å². The summed E-state index contributed by atoms with van der Waals surface area (Å²) < 4.78 is 10.9. The normalized spacial score (nSPS) is 18.0. The van der Waals surface area contributed by atoms with Gasteiger partial charge in [0.2, 0.25) is 0 Å². The molecule has 0 spiro atoms. The maximum atomic E-state index is 12.8. The van der Waals surface area contributed by atoms with Gasteiger partial charge in [0, 0.05) is 13.1 Å². The summed E-state index contributed by atoms with van der Waals surface area (Å²) in [6.07, 6.45) is 7.36. The fourth-order valence-corrected chi connectivity index (χ4v) is 5.94. The molecule has 4 rings (SSSR count). The van der Waals surface area contributed by atoms with Gasteiger partial charge >= 0.3 is 11.9 Å². The van der Waals surface area contributed by atoms with Gasteiger partial charge in [0.1, 0.15) is 0 Å². The fourth-order valence-electron chi connectivity index (χ4n) is 5.31. The number of hydrogen-bond donors (Lipinski definition) is 1. The van der Waals surface area contributed by atoms with Crippen molar-refractivity contribution in [1.82, 2.24) is 9.80 Å². The highest BCUT2D eigenvalue weighted by molar-refractivity contribution is 8.13. The van der Waals surface area contributed by atoms with Crippen molar-refractivity contribution in [2.45, 2.75) is 38.1 Å². The van der Waals surface area contributed by atoms with Gasteiger partial charge in [0.15, 0.2) is 5.17 Å². The highest BCUT2D eigenvalue weighted by atomic mass is 32.2. The number of methoxy groups -OCH3 is 1. The molecule has 9 heteroatoms. The Kier molecular flexibility index (Phi) is 11.2. The molecule has 2 aliphatic rings. The van der Waals surface area contributed by atoms with Gasteiger partial charge in [-0.1, -0.05) is 60.6 Å². The van der Waals surface area contributed by atoms with Gasteiger partial charge in [-0.2, -0.15) is 0 Å². The Bertz CT molecular complexity index is 1190. The second kappa shape index (κ2) is 15.0. The van der Waals surface area contributed by atoms with Crippen molar-refractivity contribution in [3.05, 3.63) is 82.6 Å². The lowest BCUT2D eigenvalue weighted by molar-refractivity contribution is -0.133. The number of carboxylic acids is 1. The Morgan fingerprint density at radius 1 is 1.02 bits per heavy atom. The van der Waals surface area contributed by atoms with Crippen molar-refractivity contribution < 1.29 is 24.2 Å². The number of piperidine rings is 1. The van der Waals surface area contributed by atoms with Crippen LogP contribution in [0.1, 0.15) is 53.2 Å². The summed E-state index contributed by atoms with van der Waals surface area (Å²) >= 11 is 1.50. The van der Waals surface area contributed by atoms with E-state index in [1.54, 1.807) is 12.1 Å². The lowest BCUT2D eigenvalue weighted by atomic mass is 9.93. The molecule has 0 amide bonds. The third kappa shape index (κ3) is 7.74. The number of likely N-dealkylation sites (tertiary alicyclic amines) is 1. The largest absolute Gasteiger partial charge is 0.478 e. The van der Waals surface area contributed by atoms with E-state index in [4.69, 9.17) is 14.5 Å². The molecule has 1 fully saturated rings. The minimum Gasteiger partial charge on any atom is -0.478 e. The number of aliphatic carboxylic acids is 1. The molecule has 2 aromatic rings. The first-order chi connectivity index (χ1) is 19.5. The molecule has 0 saturated carbocycles. The smallest absolute Gasteiger partial charge is 0.337 e. The average molecular weight is 566 g/mol. The third-order valence-electron chi connectivity index (χ3n) is 7.38. The molecule has 0 aromatic heterocycles. The van der Waals surface area contributed by atoms with Crippen LogP contribution in [0.3, 0.4) is 0 Å². The van der Waals surface area contributed by atoms with Crippen molar-refractivity contribution in [2.24, 2.45) is 4.99 Å². The van der Waals surface area contributed by atoms with Gasteiger partial charge in [-0.15, -0.1) is 0 Å². The van der Waals surface area contributed by atoms with Crippen LogP contribution in [0.25, 0.3) is 0 Å². The molecule has 0 radical (unpaired) electrons. The molecular formula is C31H39N3O5S. The summed E-state index contributed by atoms with van der Waals surface area (Å²) in [5.74, 6) is -1.45. The number of nitrogens with zero attached hydrogens (tertiary/aromatic N) is 3. The number of rotatable bonds is 12. The number of amidine groups is 1. The van der Waals surface area contributed by atoms with Crippen LogP contribution in [0.5, 0.6) is 0 Å². The summed E-state index contributed by atoms with van der Waals surface area (Å²) in [5, 5.41) is 11.2. The SMILES string of the molecule is COC(=O)c1ccc(C2C(C(=O)O)=C(COCCN3CCCCC3)N=C(SC)N2CCCc2ccccc2)cc1. The summed E-state index contributed by atoms with van der Waals surface area (Å²) in [4.78, 5) is 34.1. The van der Waals surface area contributed by atoms with Crippen LogP contribution in [0, 0.1) is 0 Å². The van der Waals surface area contributed by atoms with Gasteiger partial charge < -0.3 is 24.4 Å². The van der Waals surface area contributed by atoms with E-state index in [1.165, 1.54) is 43.7 Å². The number of carbonyl (C=O) groups is 2. The Morgan fingerprint density at radius 3 is 2.40 bits per heavy atom. The first kappa shape index (κ1) is 29.8. The lowest BCUT2D eigenvalue weighted by Gasteiger charge is -2.38. The molecule has 8 nitrogen and oxygen atoms in total. The maximum Gasteiger partial charge on any atom is 0.337 e. The number of esters is 1. The predicted octanol–water partition coefficient (Wildman–Crippen LogP) is 5.02. The van der Waals surface area contributed by atoms with Crippen molar-refractivity contribution >= 4 is 28.9 Å². The number of ether oxygens (including phenoxy) is 2. The van der Waals surface area contributed by atoms with Gasteiger partial charge in [0.25, 0.3) is 0 Å². The quantitative estimate of drug-likeness (QED) is 0.283. The Morgan fingerprint density at radius 2 is 1.75 bits per heavy atom. The standard InChI is InChI=1S/C31H39N3O5S/c1-38-30(37)25-15-13-24(14-16-25)28-27(29(35)36)26(22-39-21-20-33-17-7-4-8-18-33)32-31(40-2)34(28)19-9-12-23-10-5-3-6-11-23/h3,5-6,10-11,13-16,28H,4,7-9,12,17-22H2,1-2H3,(H,35,36). The first-order valence-electron chi connectivity index (χ1n) is 13.9. The Balaban J connectivity index is 1.59. The van der Waals surface area contributed by atoms with Crippen molar-refractivity contribution in [3.63, 3.8) is 0 Å². The van der Waals surface area contributed by atoms with E-state index in [1.807, 2.05) is 36.6 Å². The molecular weight excluding hydrogens is 526 g/mol. The third-order valence-corrected chi connectivity index (χ3v) is 8.07. The number of carbonyl (C=O) groups excluding carboxylic acids is 1. The van der Waals surface area contributed by atoms with Crippen molar-refractivity contribution in [2.75, 3.05) is 52.8 Å². The Hall–Kier alpha value is -3.14. The molecule has 1 saturated heterocycles. The van der Waals surface area contributed by atoms with E-state index >= 15 is 0 Å². The number of thioether (sulfide) groups is 1. The monoisotopic (exact) mass is 565 g/mol. The minimum absolute atomic E-state index is 0.133. The second-order valence-electron chi connectivity index (χ2n) is 10.0. The average Bonchev–Trinajstić information content (AvgIpc) is 2.99. The predicted molar refractivity (Wildman–Crippen MR) is 159 cm³/mol. The van der Waals surface area contributed by atoms with Gasteiger partial charge in [-0.25, -0.2) is 14.6 Å². The van der Waals surface area contributed by atoms with E-state index in [0.717, 1.165) is 43.2 Å². The number of aryl methyl sites for hydroxylation is 1. The maximum absolute atomic E-state index is 12.8. The van der Waals surface area contributed by atoms with Crippen LogP contribution in [-0.2, 0) is 20.7 Å². The van der Waals surface area contributed by atoms with Crippen LogP contribution >= 0.6 is 11.8 Å². The molecule has 40 heavy (non-hydrogen) atoms. The van der Waals surface area contributed by atoms with E-state index in [9.17, 15) is 14.7 Å². The highest BCUT2D eigenvalue weighted by Gasteiger charge is 2.36. The van der Waals surface area contributed by atoms with E-state index in [0.29, 0.717) is 24.4 Å². The zero-order chi connectivity index (χ0) is 28.3. The lowest BCUT2D eigenvalue weighted by Crippen LogP contribution is -2.40. The fraction of sp³-hybridized carbons (Fsp3) is 0.452. The number of aliphatic imine (C=N–C) groups is 1. The summed E-state index contributed by atoms with van der Waals surface area (Å²) in [7, 11) is 1.34. The highest BCUT2D eigenvalue weighted by Crippen LogP contribution is 2.37. The first-order valence-corrected chi connectivity index (χ1v) is 15.1. The summed E-state index contributed by atoms with van der Waals surface area (Å²) in [6.45, 7) is 4.29. The Labute approximate surface area is 241 Å². The molecule has 1 unspecified atom stereocenters. The van der Waals surface area contributed by atoms with E-state index in [2.05, 4.69) is 21.9 Å². The molecule has 2 aliphatic heterocycles. The minimum atomic E-state index is -1.02. The van der Waals surface area contributed by atoms with Crippen molar-refractivity contribution in [1.29, 1.82) is 0 Å². The van der Waals surface area contributed by atoms with Crippen molar-refractivity contribution in [3.8, 4) is 0 Å². The van der Waals surface area contributed by atoms with E-state index in [-0.39, 0.29) is 12.2 Å². The van der Waals surface area contributed by atoms with Gasteiger partial charge in [-0.05, 0) is 68.3 Å². The zero-order valence-electron chi connectivity index (χ0n) is 23.4. The molecule has 0 bridgehead atoms. The van der Waals surface area contributed by atoms with E-state index < -0.39 is 18.0 Å². The molecule has 1 N–H and O–H groups in total. The van der Waals surface area contributed by atoms with Crippen LogP contribution in [0.2, 0.25) is 0 Å². The summed E-state index contributed by atoms with van der Waals surface area (Å²) in [6, 6.07) is 16.7. The molecule has 2 heterocycles. The molecule has 2 aromatic carbocycles. The number of carboxylic acid groups (broad SMARTS) is 1. The second-order valence-corrected chi connectivity index (χ2v) is 10.8. The number of hydrogen-bond acceptors (Lipinski definition) is 8. The van der Waals surface area contributed by atoms with Crippen LogP contribution in [0.15, 0.2) is 70.9 Å². The van der Waals surface area contributed by atoms with Crippen LogP contribution in [0.4, 0.5) is 0 Å². The zero-order valence-corrected chi connectivity index (χ0v) is 24.2. The number of benzene rings is 2. The molecule has 0 aliphatic carbocycles. The van der Waals surface area contributed by atoms with Crippen LogP contribution in [-0.4, -0.2) is 84.8 Å². The summed E-state index contributed by atoms with van der Waals surface area (Å²) in [5.41, 5.74) is 3.08. The van der Waals surface area contributed by atoms with Gasteiger partial charge in [0.05, 0.1) is 43.2 Å². The molecule has 214 valence electrons.